The molecule has 0 N–H and O–H groups in total. The Hall–Kier alpha value is -1.07. The molecule has 0 aliphatic carbocycles. The summed E-state index contributed by atoms with van der Waals surface area (Å²) >= 11 is 0. The van der Waals surface area contributed by atoms with Crippen LogP contribution in [-0.4, -0.2) is 18.0 Å². The Kier molecular flexibility index (Phi) is 2.44. The van der Waals surface area contributed by atoms with Crippen molar-refractivity contribution >= 4 is 30.8 Å². The fourth-order valence-corrected chi connectivity index (χ4v) is 2.39. The number of pyridine rings is 1. The summed E-state index contributed by atoms with van der Waals surface area (Å²) in [5, 5.41) is 0. The van der Waals surface area contributed by atoms with E-state index in [2.05, 4.69) is 4.98 Å². The van der Waals surface area contributed by atoms with E-state index in [1.165, 1.54) is 6.20 Å². The fraction of sp³-hybridized carbons (Fsp3) is 0.222. The molecule has 6 heteroatoms. The van der Waals surface area contributed by atoms with Gasteiger partial charge in [0, 0.05) is 30.1 Å². The first-order chi connectivity index (χ1) is 6.96. The van der Waals surface area contributed by atoms with Crippen molar-refractivity contribution in [1.29, 1.82) is 0 Å². The molecule has 0 unspecified atom stereocenters. The van der Waals surface area contributed by atoms with Gasteiger partial charge in [0.15, 0.2) is 0 Å². The molecule has 0 saturated heterocycles. The van der Waals surface area contributed by atoms with Crippen LogP contribution < -0.4 is 0 Å². The van der Waals surface area contributed by atoms with Crippen LogP contribution in [0.4, 0.5) is 0 Å². The number of nitrogens with zero attached hydrogens (tertiary/aromatic N) is 2. The van der Waals surface area contributed by atoms with E-state index in [0.717, 1.165) is 11.0 Å². The van der Waals surface area contributed by atoms with Gasteiger partial charge >= 0.3 is 0 Å². The summed E-state index contributed by atoms with van der Waals surface area (Å²) in [7, 11) is 3.53. The minimum absolute atomic E-state index is 0.192. The van der Waals surface area contributed by atoms with Gasteiger partial charge in [-0.15, -0.1) is 0 Å². The molecular weight excluding hydrogens is 236 g/mol. The zero-order valence-corrected chi connectivity index (χ0v) is 9.59. The Morgan fingerprint density at radius 1 is 1.53 bits per heavy atom. The van der Waals surface area contributed by atoms with Crippen molar-refractivity contribution < 1.29 is 8.42 Å². The topological polar surface area (TPSA) is 52.0 Å². The van der Waals surface area contributed by atoms with Gasteiger partial charge in [-0.1, -0.05) is 0 Å². The lowest BCUT2D eigenvalue weighted by molar-refractivity contribution is 0.609. The predicted molar refractivity (Wildman–Crippen MR) is 59.2 cm³/mol. The predicted octanol–water partition coefficient (Wildman–Crippen LogP) is 1.64. The SMILES string of the molecule is Cn1ccc2ncc(CS(=O)(=O)Cl)cc21. The first-order valence-corrected chi connectivity index (χ1v) is 6.76. The number of hydrogen-bond donors (Lipinski definition) is 0. The molecule has 80 valence electrons. The van der Waals surface area contributed by atoms with E-state index in [9.17, 15) is 8.42 Å². The quantitative estimate of drug-likeness (QED) is 0.755. The zero-order chi connectivity index (χ0) is 11.1. The molecule has 0 bridgehead atoms. The highest BCUT2D eigenvalue weighted by Crippen LogP contribution is 2.16. The molecule has 0 aliphatic rings. The Morgan fingerprint density at radius 2 is 2.27 bits per heavy atom. The summed E-state index contributed by atoms with van der Waals surface area (Å²) in [6.45, 7) is 0. The molecule has 4 nitrogen and oxygen atoms in total. The van der Waals surface area contributed by atoms with E-state index in [-0.39, 0.29) is 5.75 Å². The van der Waals surface area contributed by atoms with Gasteiger partial charge in [0.25, 0.3) is 0 Å². The van der Waals surface area contributed by atoms with Crippen LogP contribution in [0.5, 0.6) is 0 Å². The number of aryl methyl sites for hydroxylation is 1. The summed E-state index contributed by atoms with van der Waals surface area (Å²) in [5.41, 5.74) is 2.33. The smallest absolute Gasteiger partial charge is 0.236 e. The van der Waals surface area contributed by atoms with Gasteiger partial charge in [0.1, 0.15) is 0 Å². The van der Waals surface area contributed by atoms with Gasteiger partial charge in [-0.25, -0.2) is 8.42 Å². The van der Waals surface area contributed by atoms with Crippen LogP contribution in [0.1, 0.15) is 5.56 Å². The molecule has 15 heavy (non-hydrogen) atoms. The maximum Gasteiger partial charge on any atom is 0.236 e. The van der Waals surface area contributed by atoms with Crippen LogP contribution >= 0.6 is 10.7 Å². The number of halogens is 1. The molecule has 0 aliphatic heterocycles. The van der Waals surface area contributed by atoms with Crippen molar-refractivity contribution in [3.8, 4) is 0 Å². The second-order valence-electron chi connectivity index (χ2n) is 3.36. The summed E-state index contributed by atoms with van der Waals surface area (Å²) in [5.74, 6) is -0.192. The Balaban J connectivity index is 2.51. The van der Waals surface area contributed by atoms with Gasteiger partial charge in [0.2, 0.25) is 9.05 Å². The molecule has 0 aromatic carbocycles. The Bertz CT molecular complexity index is 604. The number of aromatic nitrogens is 2. The molecule has 0 atom stereocenters. The third-order valence-corrected chi connectivity index (χ3v) is 3.13. The lowest BCUT2D eigenvalue weighted by Gasteiger charge is -1.99. The molecule has 0 fully saturated rings. The third-order valence-electron chi connectivity index (χ3n) is 2.13. The van der Waals surface area contributed by atoms with Crippen LogP contribution in [0.25, 0.3) is 11.0 Å². The normalized spacial score (nSPS) is 12.1. The van der Waals surface area contributed by atoms with Crippen LogP contribution in [-0.2, 0) is 21.9 Å². The van der Waals surface area contributed by atoms with E-state index >= 15 is 0 Å². The summed E-state index contributed by atoms with van der Waals surface area (Å²) in [4.78, 5) is 4.14. The fourth-order valence-electron chi connectivity index (χ4n) is 1.46. The van der Waals surface area contributed by atoms with Crippen LogP contribution in [0.2, 0.25) is 0 Å². The first kappa shape index (κ1) is 10.4. The number of hydrogen-bond acceptors (Lipinski definition) is 3. The Labute approximate surface area is 91.9 Å². The lowest BCUT2D eigenvalue weighted by Crippen LogP contribution is -1.96. The minimum Gasteiger partial charge on any atom is -0.349 e. The number of fused-ring (bicyclic) bond motifs is 1. The van der Waals surface area contributed by atoms with Gasteiger partial charge in [-0.05, 0) is 17.7 Å². The second kappa shape index (κ2) is 3.50. The molecule has 0 spiro atoms. The maximum atomic E-state index is 10.9. The van der Waals surface area contributed by atoms with Crippen molar-refractivity contribution in [2.75, 3.05) is 0 Å². The van der Waals surface area contributed by atoms with Gasteiger partial charge in [-0.2, -0.15) is 0 Å². The average Bonchev–Trinajstić information content (AvgIpc) is 2.45. The standard InChI is InChI=1S/C9H9ClN2O2S/c1-12-3-2-8-9(12)4-7(5-11-8)6-15(10,13)14/h2-5H,6H2,1H3. The second-order valence-corrected chi connectivity index (χ2v) is 6.13. The highest BCUT2D eigenvalue weighted by Gasteiger charge is 2.09. The van der Waals surface area contributed by atoms with E-state index in [4.69, 9.17) is 10.7 Å². The third kappa shape index (κ3) is 2.30. The molecule has 2 aromatic heterocycles. The highest BCUT2D eigenvalue weighted by molar-refractivity contribution is 8.13. The molecular formula is C9H9ClN2O2S. The van der Waals surface area contributed by atoms with E-state index < -0.39 is 9.05 Å². The molecule has 0 radical (unpaired) electrons. The van der Waals surface area contributed by atoms with Crippen molar-refractivity contribution in [3.63, 3.8) is 0 Å². The molecule has 2 rings (SSSR count). The molecule has 2 heterocycles. The van der Waals surface area contributed by atoms with Crippen molar-refractivity contribution in [2.24, 2.45) is 7.05 Å². The zero-order valence-electron chi connectivity index (χ0n) is 8.01. The average molecular weight is 245 g/mol. The highest BCUT2D eigenvalue weighted by atomic mass is 35.7. The largest absolute Gasteiger partial charge is 0.349 e. The molecule has 2 aromatic rings. The number of rotatable bonds is 2. The summed E-state index contributed by atoms with van der Waals surface area (Å²) in [6, 6.07) is 3.65. The monoisotopic (exact) mass is 244 g/mol. The van der Waals surface area contributed by atoms with Crippen molar-refractivity contribution in [2.45, 2.75) is 5.75 Å². The van der Waals surface area contributed by atoms with E-state index in [1.54, 1.807) is 6.07 Å². The van der Waals surface area contributed by atoms with Gasteiger partial charge in [0.05, 0.1) is 16.8 Å². The molecule has 0 amide bonds. The van der Waals surface area contributed by atoms with Crippen LogP contribution in [0.15, 0.2) is 24.5 Å². The first-order valence-electron chi connectivity index (χ1n) is 4.28. The van der Waals surface area contributed by atoms with Crippen LogP contribution in [0, 0.1) is 0 Å². The Morgan fingerprint density at radius 3 is 2.93 bits per heavy atom. The summed E-state index contributed by atoms with van der Waals surface area (Å²) < 4.78 is 23.7. The summed E-state index contributed by atoms with van der Waals surface area (Å²) in [6.07, 6.45) is 3.40. The van der Waals surface area contributed by atoms with E-state index in [1.807, 2.05) is 23.9 Å². The lowest BCUT2D eigenvalue weighted by atomic mass is 10.3. The minimum atomic E-state index is -3.52. The maximum absolute atomic E-state index is 10.9. The van der Waals surface area contributed by atoms with Gasteiger partial charge in [-0.3, -0.25) is 4.98 Å². The van der Waals surface area contributed by atoms with Crippen molar-refractivity contribution in [1.82, 2.24) is 9.55 Å². The van der Waals surface area contributed by atoms with E-state index in [0.29, 0.717) is 5.56 Å². The van der Waals surface area contributed by atoms with Gasteiger partial charge < -0.3 is 4.57 Å². The molecule has 0 saturated carbocycles. The van der Waals surface area contributed by atoms with Crippen LogP contribution in [0.3, 0.4) is 0 Å². The van der Waals surface area contributed by atoms with Crippen molar-refractivity contribution in [3.05, 3.63) is 30.1 Å².